The molecule has 0 rings (SSSR count). The topological polar surface area (TPSA) is 0 Å². The van der Waals surface area contributed by atoms with E-state index < -0.39 is 0 Å². The zero-order valence-electron chi connectivity index (χ0n) is 3.88. The average Bonchev–Trinajstić information content (AvgIpc) is 1.35. The van der Waals surface area contributed by atoms with E-state index in [1.165, 1.54) is 0 Å². The van der Waals surface area contributed by atoms with Gasteiger partial charge in [-0.1, -0.05) is 5.92 Å². The molecule has 0 aliphatic rings. The summed E-state index contributed by atoms with van der Waals surface area (Å²) >= 11 is 2.97. The number of hydrogen-bond acceptors (Lipinski definition) is 0. The van der Waals surface area contributed by atoms with E-state index in [4.69, 9.17) is 0 Å². The Labute approximate surface area is 47.1 Å². The maximum absolute atomic E-state index is 2.97. The van der Waals surface area contributed by atoms with E-state index in [-0.39, 0.29) is 0 Å². The maximum Gasteiger partial charge on any atom is 0.0427 e. The smallest absolute Gasteiger partial charge is 0.0427 e. The molecule has 0 fully saturated rings. The minimum absolute atomic E-state index is 1.13. The minimum Gasteiger partial charge on any atom is -0.0830 e. The third kappa shape index (κ3) is 4.04. The van der Waals surface area contributed by atoms with Crippen molar-refractivity contribution in [1.29, 1.82) is 0 Å². The van der Waals surface area contributed by atoms with Crippen LogP contribution in [-0.4, -0.2) is 0 Å². The second kappa shape index (κ2) is 3.24. The average molecular weight is 146 g/mol. The molecule has 0 spiro atoms. The molecule has 1 radical (unpaired) electrons. The molecule has 0 aliphatic carbocycles. The Morgan fingerprint density at radius 1 is 1.50 bits per heavy atom. The van der Waals surface area contributed by atoms with Crippen LogP contribution < -0.4 is 0 Å². The van der Waals surface area contributed by atoms with Gasteiger partial charge >= 0.3 is 0 Å². The third-order valence-electron chi connectivity index (χ3n) is 0.297. The first-order valence-electron chi connectivity index (χ1n) is 1.69. The Balaban J connectivity index is 3.20. The third-order valence-corrected chi connectivity index (χ3v) is 0.495. The Hall–Kier alpha value is 0.0400. The Bertz CT molecular complexity index is 73.7. The first-order chi connectivity index (χ1) is 2.77. The summed E-state index contributed by atoms with van der Waals surface area (Å²) in [5.41, 5.74) is 0. The van der Waals surface area contributed by atoms with E-state index in [0.717, 1.165) is 5.92 Å². The van der Waals surface area contributed by atoms with Crippen LogP contribution in [0.2, 0.25) is 0 Å². The van der Waals surface area contributed by atoms with E-state index in [0.29, 0.717) is 0 Å². The lowest BCUT2D eigenvalue weighted by Gasteiger charge is -1.79. The molecule has 1 heteroatoms. The van der Waals surface area contributed by atoms with Crippen molar-refractivity contribution in [2.45, 2.75) is 13.8 Å². The lowest BCUT2D eigenvalue weighted by Crippen LogP contribution is -1.70. The van der Waals surface area contributed by atoms with Crippen LogP contribution in [0.25, 0.3) is 0 Å². The summed E-state index contributed by atoms with van der Waals surface area (Å²) in [6.45, 7) is 3.93. The quantitative estimate of drug-likeness (QED) is 0.458. The normalized spacial score (nSPS) is 7.33. The molecule has 33 valence electrons. The fourth-order valence-corrected chi connectivity index (χ4v) is 0.491. The van der Waals surface area contributed by atoms with Crippen LogP contribution in [0.3, 0.4) is 0 Å². The maximum atomic E-state index is 2.97. The molecule has 0 saturated heterocycles. The SMILES string of the molecule is C[C](C)C#CBr. The molecule has 0 unspecified atom stereocenters. The van der Waals surface area contributed by atoms with Gasteiger partial charge in [-0.15, -0.1) is 0 Å². The highest BCUT2D eigenvalue weighted by atomic mass is 79.9. The molecule has 0 bridgehead atoms. The Morgan fingerprint density at radius 2 is 2.00 bits per heavy atom. The predicted molar refractivity (Wildman–Crippen MR) is 31.3 cm³/mol. The van der Waals surface area contributed by atoms with Crippen LogP contribution in [0.15, 0.2) is 0 Å². The molecular formula is C5H6Br. The highest BCUT2D eigenvalue weighted by molar-refractivity contribution is 9.12. The van der Waals surface area contributed by atoms with Crippen molar-refractivity contribution in [2.24, 2.45) is 0 Å². The number of halogens is 1. The molecule has 0 amide bonds. The standard InChI is InChI=1S/C5H6Br/c1-5(2)3-4-6/h1-2H3. The van der Waals surface area contributed by atoms with E-state index >= 15 is 0 Å². The van der Waals surface area contributed by atoms with Gasteiger partial charge in [-0.2, -0.15) is 0 Å². The molecule has 0 saturated carbocycles. The fraction of sp³-hybridized carbons (Fsp3) is 0.400. The van der Waals surface area contributed by atoms with Crippen LogP contribution in [-0.2, 0) is 0 Å². The molecule has 0 heterocycles. The summed E-state index contributed by atoms with van der Waals surface area (Å²) < 4.78 is 0. The van der Waals surface area contributed by atoms with Crippen LogP contribution in [0.4, 0.5) is 0 Å². The van der Waals surface area contributed by atoms with Crippen molar-refractivity contribution >= 4 is 15.9 Å². The van der Waals surface area contributed by atoms with Crippen LogP contribution >= 0.6 is 15.9 Å². The lowest BCUT2D eigenvalue weighted by atomic mass is 10.2. The van der Waals surface area contributed by atoms with Gasteiger partial charge in [0.25, 0.3) is 0 Å². The van der Waals surface area contributed by atoms with Crippen molar-refractivity contribution < 1.29 is 0 Å². The zero-order valence-corrected chi connectivity index (χ0v) is 5.46. The fourth-order valence-electron chi connectivity index (χ4n) is 0.0945. The Morgan fingerprint density at radius 3 is 2.00 bits per heavy atom. The first-order valence-corrected chi connectivity index (χ1v) is 2.48. The van der Waals surface area contributed by atoms with Gasteiger partial charge in [0.1, 0.15) is 0 Å². The molecule has 0 aromatic heterocycles. The van der Waals surface area contributed by atoms with E-state index in [1.807, 2.05) is 13.8 Å². The van der Waals surface area contributed by atoms with E-state index in [2.05, 4.69) is 26.7 Å². The first kappa shape index (κ1) is 6.04. The van der Waals surface area contributed by atoms with Crippen molar-refractivity contribution in [3.8, 4) is 10.8 Å². The van der Waals surface area contributed by atoms with Crippen molar-refractivity contribution in [1.82, 2.24) is 0 Å². The van der Waals surface area contributed by atoms with Gasteiger partial charge in [-0.05, 0) is 18.7 Å². The predicted octanol–water partition coefficient (Wildman–Crippen LogP) is 1.96. The summed E-state index contributed by atoms with van der Waals surface area (Å²) in [5.74, 6) is 3.92. The molecule has 0 aliphatic heterocycles. The van der Waals surface area contributed by atoms with Gasteiger partial charge in [0.05, 0.1) is 0 Å². The van der Waals surface area contributed by atoms with Gasteiger partial charge in [0, 0.05) is 21.8 Å². The molecule has 0 atom stereocenters. The van der Waals surface area contributed by atoms with Crippen LogP contribution in [0, 0.1) is 16.7 Å². The van der Waals surface area contributed by atoms with E-state index in [1.54, 1.807) is 0 Å². The zero-order chi connectivity index (χ0) is 4.99. The number of rotatable bonds is 0. The van der Waals surface area contributed by atoms with Crippen molar-refractivity contribution in [3.05, 3.63) is 5.92 Å². The second-order valence-corrected chi connectivity index (χ2v) is 1.62. The molecule has 6 heavy (non-hydrogen) atoms. The minimum atomic E-state index is 1.13. The van der Waals surface area contributed by atoms with Gasteiger partial charge in [0.2, 0.25) is 0 Å². The Kier molecular flexibility index (Phi) is 3.26. The highest BCUT2D eigenvalue weighted by Gasteiger charge is 1.77. The summed E-state index contributed by atoms with van der Waals surface area (Å²) in [6, 6.07) is 0. The van der Waals surface area contributed by atoms with Gasteiger partial charge < -0.3 is 0 Å². The molecule has 0 N–H and O–H groups in total. The van der Waals surface area contributed by atoms with E-state index in [9.17, 15) is 0 Å². The van der Waals surface area contributed by atoms with Crippen molar-refractivity contribution in [2.75, 3.05) is 0 Å². The summed E-state index contributed by atoms with van der Waals surface area (Å²) in [4.78, 5) is 2.59. The van der Waals surface area contributed by atoms with Crippen LogP contribution in [0.5, 0.6) is 0 Å². The lowest BCUT2D eigenvalue weighted by molar-refractivity contribution is 1.25. The largest absolute Gasteiger partial charge is 0.0830 e. The van der Waals surface area contributed by atoms with Crippen molar-refractivity contribution in [3.63, 3.8) is 0 Å². The van der Waals surface area contributed by atoms with Gasteiger partial charge in [-0.25, -0.2) is 0 Å². The number of hydrogen-bond donors (Lipinski definition) is 0. The monoisotopic (exact) mass is 145 g/mol. The summed E-state index contributed by atoms with van der Waals surface area (Å²) in [6.07, 6.45) is 0. The molecule has 0 aromatic rings. The molecular weight excluding hydrogens is 140 g/mol. The summed E-state index contributed by atoms with van der Waals surface area (Å²) in [5, 5.41) is 0. The summed E-state index contributed by atoms with van der Waals surface area (Å²) in [7, 11) is 0. The highest BCUT2D eigenvalue weighted by Crippen LogP contribution is 1.89. The second-order valence-electron chi connectivity index (χ2n) is 1.22. The molecule has 0 aromatic carbocycles. The van der Waals surface area contributed by atoms with Crippen LogP contribution in [0.1, 0.15) is 13.8 Å². The van der Waals surface area contributed by atoms with Gasteiger partial charge in [-0.3, -0.25) is 0 Å². The molecule has 0 nitrogen and oxygen atoms in total. The van der Waals surface area contributed by atoms with Gasteiger partial charge in [0.15, 0.2) is 0 Å².